The molecule has 1 fully saturated rings. The van der Waals surface area contributed by atoms with Crippen molar-refractivity contribution in [3.63, 3.8) is 0 Å². The quantitative estimate of drug-likeness (QED) is 0.882. The van der Waals surface area contributed by atoms with Gasteiger partial charge < -0.3 is 14.8 Å². The lowest BCUT2D eigenvalue weighted by atomic mass is 10.1. The molecular weight excluding hydrogens is 262 g/mol. The summed E-state index contributed by atoms with van der Waals surface area (Å²) in [5.74, 6) is 0.904. The Balaban J connectivity index is 1.53. The molecule has 1 aliphatic rings. The van der Waals surface area contributed by atoms with E-state index in [-0.39, 0.29) is 0 Å². The van der Waals surface area contributed by atoms with Gasteiger partial charge in [-0.2, -0.15) is 0 Å². The van der Waals surface area contributed by atoms with Crippen molar-refractivity contribution in [1.29, 1.82) is 0 Å². The molecule has 0 aliphatic carbocycles. The zero-order valence-electron chi connectivity index (χ0n) is 12.3. The Morgan fingerprint density at radius 1 is 1.10 bits per heavy atom. The molecular formula is C18H21NO2. The number of hydrogen-bond acceptors (Lipinski definition) is 3. The van der Waals surface area contributed by atoms with E-state index in [1.54, 1.807) is 0 Å². The maximum atomic E-state index is 5.80. The summed E-state index contributed by atoms with van der Waals surface area (Å²) in [6, 6.07) is 19.4. The monoisotopic (exact) mass is 283 g/mol. The molecule has 0 radical (unpaired) electrons. The van der Waals surface area contributed by atoms with E-state index in [0.29, 0.717) is 18.7 Å². The van der Waals surface area contributed by atoms with Crippen molar-refractivity contribution >= 4 is 0 Å². The third-order valence-electron chi connectivity index (χ3n) is 3.75. The van der Waals surface area contributed by atoms with Gasteiger partial charge in [-0.05, 0) is 30.2 Å². The molecule has 0 spiro atoms. The number of ether oxygens (including phenoxy) is 2. The summed E-state index contributed by atoms with van der Waals surface area (Å²) in [4.78, 5) is 0. The Kier molecular flexibility index (Phi) is 4.53. The van der Waals surface area contributed by atoms with Crippen LogP contribution in [0, 0.1) is 0 Å². The van der Waals surface area contributed by atoms with Crippen molar-refractivity contribution in [3.8, 4) is 5.75 Å². The minimum absolute atomic E-state index is 0.335. The molecule has 1 saturated heterocycles. The van der Waals surface area contributed by atoms with Gasteiger partial charge in [0.15, 0.2) is 0 Å². The molecule has 3 nitrogen and oxygen atoms in total. The smallest absolute Gasteiger partial charge is 0.119 e. The number of rotatable bonds is 6. The maximum Gasteiger partial charge on any atom is 0.119 e. The lowest BCUT2D eigenvalue weighted by molar-refractivity contribution is -0.00925. The molecule has 110 valence electrons. The first-order valence-corrected chi connectivity index (χ1v) is 7.42. The zero-order valence-corrected chi connectivity index (χ0v) is 12.3. The molecule has 1 atom stereocenters. The van der Waals surface area contributed by atoms with Gasteiger partial charge in [0.1, 0.15) is 12.4 Å². The first-order chi connectivity index (χ1) is 10.3. The lowest BCUT2D eigenvalue weighted by Crippen LogP contribution is -2.46. The zero-order chi connectivity index (χ0) is 14.5. The van der Waals surface area contributed by atoms with Crippen LogP contribution >= 0.6 is 0 Å². The van der Waals surface area contributed by atoms with Gasteiger partial charge in [0, 0.05) is 6.04 Å². The van der Waals surface area contributed by atoms with Crippen molar-refractivity contribution in [3.05, 3.63) is 65.7 Å². The predicted octanol–water partition coefficient (Wildman–Crippen LogP) is 3.32. The highest BCUT2D eigenvalue weighted by molar-refractivity contribution is 5.29. The van der Waals surface area contributed by atoms with Crippen LogP contribution in [0.4, 0.5) is 0 Å². The van der Waals surface area contributed by atoms with Gasteiger partial charge in [0.25, 0.3) is 0 Å². The second-order valence-electron chi connectivity index (χ2n) is 5.47. The van der Waals surface area contributed by atoms with E-state index in [2.05, 4.69) is 36.5 Å². The van der Waals surface area contributed by atoms with Crippen LogP contribution < -0.4 is 10.1 Å². The molecule has 1 heterocycles. The van der Waals surface area contributed by atoms with E-state index in [1.807, 2.05) is 30.3 Å². The van der Waals surface area contributed by atoms with E-state index in [1.165, 1.54) is 11.1 Å². The first kappa shape index (κ1) is 14.1. The normalized spacial score (nSPS) is 16.2. The van der Waals surface area contributed by atoms with E-state index < -0.39 is 0 Å². The Labute approximate surface area is 125 Å². The van der Waals surface area contributed by atoms with Crippen molar-refractivity contribution < 1.29 is 9.47 Å². The second-order valence-corrected chi connectivity index (χ2v) is 5.47. The maximum absolute atomic E-state index is 5.80. The molecule has 1 aliphatic heterocycles. The molecule has 0 bridgehead atoms. The van der Waals surface area contributed by atoms with E-state index in [0.717, 1.165) is 19.0 Å². The molecule has 0 saturated carbocycles. The van der Waals surface area contributed by atoms with Crippen LogP contribution in [0.1, 0.15) is 24.1 Å². The van der Waals surface area contributed by atoms with Gasteiger partial charge in [0.05, 0.1) is 19.3 Å². The molecule has 2 aromatic rings. The first-order valence-electron chi connectivity index (χ1n) is 7.42. The molecule has 1 unspecified atom stereocenters. The predicted molar refractivity (Wildman–Crippen MR) is 83.4 cm³/mol. The standard InChI is InChI=1S/C18H21NO2/c1-14(19-17-12-20-13-17)16-7-9-18(10-8-16)21-11-15-5-3-2-4-6-15/h2-10,14,17,19H,11-13H2,1H3. The number of hydrogen-bond donors (Lipinski definition) is 1. The highest BCUT2D eigenvalue weighted by atomic mass is 16.5. The summed E-state index contributed by atoms with van der Waals surface area (Å²) in [5, 5.41) is 3.54. The highest BCUT2D eigenvalue weighted by Gasteiger charge is 2.20. The van der Waals surface area contributed by atoms with Crippen LogP contribution in [0.3, 0.4) is 0 Å². The van der Waals surface area contributed by atoms with Gasteiger partial charge in [-0.3, -0.25) is 0 Å². The van der Waals surface area contributed by atoms with Crippen LogP contribution in [-0.4, -0.2) is 19.3 Å². The van der Waals surface area contributed by atoms with Gasteiger partial charge in [-0.15, -0.1) is 0 Å². The molecule has 21 heavy (non-hydrogen) atoms. The second kappa shape index (κ2) is 6.74. The van der Waals surface area contributed by atoms with Crippen LogP contribution in [0.2, 0.25) is 0 Å². The fraction of sp³-hybridized carbons (Fsp3) is 0.333. The van der Waals surface area contributed by atoms with Gasteiger partial charge in [-0.1, -0.05) is 42.5 Å². The fourth-order valence-electron chi connectivity index (χ4n) is 2.38. The molecule has 0 aromatic heterocycles. The van der Waals surface area contributed by atoms with E-state index in [4.69, 9.17) is 9.47 Å². The summed E-state index contributed by atoms with van der Waals surface area (Å²) >= 11 is 0. The average Bonchev–Trinajstić information content (AvgIpc) is 2.50. The van der Waals surface area contributed by atoms with Gasteiger partial charge in [0.2, 0.25) is 0 Å². The molecule has 1 N–H and O–H groups in total. The van der Waals surface area contributed by atoms with Crippen LogP contribution in [0.15, 0.2) is 54.6 Å². The number of nitrogens with one attached hydrogen (secondary N) is 1. The summed E-state index contributed by atoms with van der Waals surface area (Å²) in [6.07, 6.45) is 0. The topological polar surface area (TPSA) is 30.5 Å². The van der Waals surface area contributed by atoms with Crippen molar-refractivity contribution in [1.82, 2.24) is 5.32 Å². The molecule has 3 heteroatoms. The fourth-order valence-corrected chi connectivity index (χ4v) is 2.38. The number of benzene rings is 2. The van der Waals surface area contributed by atoms with Gasteiger partial charge >= 0.3 is 0 Å². The minimum atomic E-state index is 0.335. The Hall–Kier alpha value is -1.84. The minimum Gasteiger partial charge on any atom is -0.489 e. The van der Waals surface area contributed by atoms with Crippen LogP contribution in [-0.2, 0) is 11.3 Å². The highest BCUT2D eigenvalue weighted by Crippen LogP contribution is 2.19. The van der Waals surface area contributed by atoms with Gasteiger partial charge in [-0.25, -0.2) is 0 Å². The Morgan fingerprint density at radius 2 is 1.81 bits per heavy atom. The summed E-state index contributed by atoms with van der Waals surface area (Å²) in [6.45, 7) is 4.43. The van der Waals surface area contributed by atoms with E-state index in [9.17, 15) is 0 Å². The summed E-state index contributed by atoms with van der Waals surface area (Å²) < 4.78 is 11.0. The molecule has 2 aromatic carbocycles. The molecule has 3 rings (SSSR count). The van der Waals surface area contributed by atoms with Crippen LogP contribution in [0.25, 0.3) is 0 Å². The largest absolute Gasteiger partial charge is 0.489 e. The summed E-state index contributed by atoms with van der Waals surface area (Å²) in [7, 11) is 0. The van der Waals surface area contributed by atoms with Crippen LogP contribution in [0.5, 0.6) is 5.75 Å². The van der Waals surface area contributed by atoms with Crippen molar-refractivity contribution in [2.45, 2.75) is 25.6 Å². The third kappa shape index (κ3) is 3.84. The van der Waals surface area contributed by atoms with Crippen molar-refractivity contribution in [2.75, 3.05) is 13.2 Å². The average molecular weight is 283 g/mol. The SMILES string of the molecule is CC(NC1COC1)c1ccc(OCc2ccccc2)cc1. The Morgan fingerprint density at radius 3 is 2.43 bits per heavy atom. The summed E-state index contributed by atoms with van der Waals surface area (Å²) in [5.41, 5.74) is 2.45. The Bertz CT molecular complexity index is 549. The lowest BCUT2D eigenvalue weighted by Gasteiger charge is -2.30. The van der Waals surface area contributed by atoms with Crippen molar-refractivity contribution in [2.24, 2.45) is 0 Å². The van der Waals surface area contributed by atoms with E-state index >= 15 is 0 Å². The third-order valence-corrected chi connectivity index (χ3v) is 3.75. The molecule has 0 amide bonds.